The van der Waals surface area contributed by atoms with Gasteiger partial charge in [-0.2, -0.15) is 0 Å². The summed E-state index contributed by atoms with van der Waals surface area (Å²) in [6.45, 7) is 9.37. The van der Waals surface area contributed by atoms with E-state index >= 15 is 0 Å². The highest BCUT2D eigenvalue weighted by atomic mass is 35.5. The monoisotopic (exact) mass is 443 g/mol. The Bertz CT molecular complexity index is 757. The molecule has 0 atom stereocenters. The van der Waals surface area contributed by atoms with Crippen molar-refractivity contribution < 1.29 is 4.74 Å². The van der Waals surface area contributed by atoms with Gasteiger partial charge in [-0.15, -0.1) is 24.8 Å². The van der Waals surface area contributed by atoms with Crippen LogP contribution in [0.2, 0.25) is 5.02 Å². The van der Waals surface area contributed by atoms with E-state index in [2.05, 4.69) is 41.8 Å². The number of hydrogen-bond acceptors (Lipinski definition) is 3. The first kappa shape index (κ1) is 24.6. The Morgan fingerprint density at radius 1 is 1.00 bits per heavy atom. The maximum absolute atomic E-state index is 8.41. The smallest absolute Gasteiger partial charge is 0.128 e. The number of ether oxygens (including phenoxy) is 1. The van der Waals surface area contributed by atoms with Gasteiger partial charge in [0.15, 0.2) is 0 Å². The second-order valence-electron chi connectivity index (χ2n) is 6.76. The molecule has 0 aliphatic carbocycles. The van der Waals surface area contributed by atoms with Crippen molar-refractivity contribution in [2.24, 2.45) is 0 Å². The van der Waals surface area contributed by atoms with Gasteiger partial charge >= 0.3 is 0 Å². The molecule has 0 saturated carbocycles. The van der Waals surface area contributed by atoms with Crippen molar-refractivity contribution in [3.05, 3.63) is 64.2 Å². The van der Waals surface area contributed by atoms with E-state index in [0.29, 0.717) is 17.5 Å². The molecule has 0 aromatic heterocycles. The topological polar surface area (TPSA) is 39.6 Å². The Labute approximate surface area is 185 Å². The van der Waals surface area contributed by atoms with Crippen molar-refractivity contribution in [1.82, 2.24) is 9.80 Å². The number of hydrogen-bond donors (Lipinski definition) is 1. The number of amidine groups is 1. The lowest BCUT2D eigenvalue weighted by Crippen LogP contribution is -2.49. The Balaban J connectivity index is 0.00000196. The van der Waals surface area contributed by atoms with Gasteiger partial charge in [0.25, 0.3) is 0 Å². The molecule has 4 nitrogen and oxygen atoms in total. The molecule has 1 fully saturated rings. The van der Waals surface area contributed by atoms with Gasteiger partial charge in [-0.3, -0.25) is 10.3 Å². The van der Waals surface area contributed by atoms with E-state index in [4.69, 9.17) is 21.7 Å². The highest BCUT2D eigenvalue weighted by Crippen LogP contribution is 2.22. The molecule has 2 aromatic carbocycles. The minimum Gasteiger partial charge on any atom is -0.492 e. The zero-order valence-electron chi connectivity index (χ0n) is 16.3. The van der Waals surface area contributed by atoms with Crippen molar-refractivity contribution in [1.29, 1.82) is 5.41 Å². The zero-order chi connectivity index (χ0) is 18.5. The largest absolute Gasteiger partial charge is 0.492 e. The molecule has 1 heterocycles. The number of benzene rings is 2. The summed E-state index contributed by atoms with van der Waals surface area (Å²) in [6, 6.07) is 13.8. The molecule has 1 saturated heterocycles. The quantitative estimate of drug-likeness (QED) is 0.531. The summed E-state index contributed by atoms with van der Waals surface area (Å²) >= 11 is 6.04. The number of piperazine rings is 1. The Morgan fingerprint density at radius 2 is 1.61 bits per heavy atom. The number of para-hydroxylation sites is 1. The minimum atomic E-state index is 0. The molecule has 28 heavy (non-hydrogen) atoms. The normalized spacial score (nSPS) is 14.0. The van der Waals surface area contributed by atoms with Crippen molar-refractivity contribution in [3.63, 3.8) is 0 Å². The summed E-state index contributed by atoms with van der Waals surface area (Å²) in [7, 11) is 0. The van der Waals surface area contributed by atoms with Crippen LogP contribution in [0.25, 0.3) is 0 Å². The number of rotatable bonds is 5. The summed E-state index contributed by atoms with van der Waals surface area (Å²) < 4.78 is 6.01. The third-order valence-electron chi connectivity index (χ3n) is 4.85. The highest BCUT2D eigenvalue weighted by molar-refractivity contribution is 6.31. The summed E-state index contributed by atoms with van der Waals surface area (Å²) in [6.07, 6.45) is 0. The molecule has 1 aliphatic rings. The predicted molar refractivity (Wildman–Crippen MR) is 122 cm³/mol. The molecule has 0 spiro atoms. The lowest BCUT2D eigenvalue weighted by Gasteiger charge is -2.36. The van der Waals surface area contributed by atoms with Crippen molar-refractivity contribution in [2.75, 3.05) is 39.3 Å². The molecule has 1 N–H and O–H groups in total. The summed E-state index contributed by atoms with van der Waals surface area (Å²) in [4.78, 5) is 4.52. The van der Waals surface area contributed by atoms with Crippen molar-refractivity contribution in [2.45, 2.75) is 13.8 Å². The number of halogens is 3. The van der Waals surface area contributed by atoms with E-state index in [1.807, 2.05) is 24.3 Å². The summed E-state index contributed by atoms with van der Waals surface area (Å²) in [5.74, 6) is 1.56. The Morgan fingerprint density at radius 3 is 2.21 bits per heavy atom. The Hall–Kier alpha value is -1.46. The lowest BCUT2D eigenvalue weighted by atomic mass is 10.1. The van der Waals surface area contributed by atoms with Crippen LogP contribution in [-0.4, -0.2) is 55.0 Å². The van der Waals surface area contributed by atoms with Gasteiger partial charge in [0, 0.05) is 43.3 Å². The standard InChI is InChI=1S/C21H26ClN3O.2ClH/c1-16-5-3-6-17(2)20(16)26-14-13-24-9-11-25(12-10-24)21(23)18-7-4-8-19(22)15-18;;/h3-8,15,23H,9-14H2,1-2H3;2*1H. The Kier molecular flexibility index (Phi) is 10.1. The molecular formula is C21H28Cl3N3O. The second kappa shape index (κ2) is 11.5. The molecular weight excluding hydrogens is 417 g/mol. The fourth-order valence-electron chi connectivity index (χ4n) is 3.32. The van der Waals surface area contributed by atoms with E-state index in [1.165, 1.54) is 11.1 Å². The first-order valence-electron chi connectivity index (χ1n) is 9.05. The zero-order valence-corrected chi connectivity index (χ0v) is 18.7. The molecule has 154 valence electrons. The molecule has 0 unspecified atom stereocenters. The van der Waals surface area contributed by atoms with Gasteiger partial charge in [0.1, 0.15) is 18.2 Å². The molecule has 3 rings (SSSR count). The van der Waals surface area contributed by atoms with Crippen LogP contribution < -0.4 is 4.74 Å². The first-order chi connectivity index (χ1) is 12.5. The van der Waals surface area contributed by atoms with Gasteiger partial charge in [0.2, 0.25) is 0 Å². The summed E-state index contributed by atoms with van der Waals surface area (Å²) in [5, 5.41) is 9.08. The van der Waals surface area contributed by atoms with Gasteiger partial charge in [-0.1, -0.05) is 41.9 Å². The maximum atomic E-state index is 8.41. The molecule has 2 aromatic rings. The van der Waals surface area contributed by atoms with Gasteiger partial charge < -0.3 is 9.64 Å². The van der Waals surface area contributed by atoms with E-state index < -0.39 is 0 Å². The third kappa shape index (κ3) is 6.28. The average Bonchev–Trinajstić information content (AvgIpc) is 2.64. The van der Waals surface area contributed by atoms with Crippen LogP contribution in [0.5, 0.6) is 5.75 Å². The number of nitrogens with zero attached hydrogens (tertiary/aromatic N) is 2. The van der Waals surface area contributed by atoms with Crippen molar-refractivity contribution >= 4 is 42.3 Å². The van der Waals surface area contributed by atoms with Crippen LogP contribution in [0.15, 0.2) is 42.5 Å². The van der Waals surface area contributed by atoms with E-state index in [1.54, 1.807) is 0 Å². The second-order valence-corrected chi connectivity index (χ2v) is 7.19. The fourth-order valence-corrected chi connectivity index (χ4v) is 3.51. The van der Waals surface area contributed by atoms with Crippen LogP contribution in [0.3, 0.4) is 0 Å². The maximum Gasteiger partial charge on any atom is 0.128 e. The molecule has 1 aliphatic heterocycles. The lowest BCUT2D eigenvalue weighted by molar-refractivity contribution is 0.153. The molecule has 0 amide bonds. The van der Waals surface area contributed by atoms with E-state index in [-0.39, 0.29) is 24.8 Å². The van der Waals surface area contributed by atoms with Crippen LogP contribution in [0, 0.1) is 19.3 Å². The van der Waals surface area contributed by atoms with Crippen LogP contribution in [0.1, 0.15) is 16.7 Å². The van der Waals surface area contributed by atoms with E-state index in [0.717, 1.165) is 44.0 Å². The molecule has 0 bridgehead atoms. The van der Waals surface area contributed by atoms with E-state index in [9.17, 15) is 0 Å². The molecule has 0 radical (unpaired) electrons. The van der Waals surface area contributed by atoms with Crippen LogP contribution in [0.4, 0.5) is 0 Å². The van der Waals surface area contributed by atoms with Gasteiger partial charge in [-0.05, 0) is 37.1 Å². The fraction of sp³-hybridized carbons (Fsp3) is 0.381. The predicted octanol–water partition coefficient (Wildman–Crippen LogP) is 4.82. The van der Waals surface area contributed by atoms with Gasteiger partial charge in [0.05, 0.1) is 0 Å². The molecule has 7 heteroatoms. The highest BCUT2D eigenvalue weighted by Gasteiger charge is 2.20. The summed E-state index contributed by atoms with van der Waals surface area (Å²) in [5.41, 5.74) is 3.25. The number of aryl methyl sites for hydroxylation is 2. The average molecular weight is 445 g/mol. The minimum absolute atomic E-state index is 0. The van der Waals surface area contributed by atoms with Gasteiger partial charge in [-0.25, -0.2) is 0 Å². The third-order valence-corrected chi connectivity index (χ3v) is 5.08. The van der Waals surface area contributed by atoms with Crippen LogP contribution >= 0.6 is 36.4 Å². The van der Waals surface area contributed by atoms with Crippen LogP contribution in [-0.2, 0) is 0 Å². The number of nitrogens with one attached hydrogen (secondary N) is 1. The SMILES string of the molecule is Cc1cccc(C)c1OCCN1CCN(C(=N)c2cccc(Cl)c2)CC1.Cl.Cl. The van der Waals surface area contributed by atoms with Crippen molar-refractivity contribution in [3.8, 4) is 5.75 Å². The first-order valence-corrected chi connectivity index (χ1v) is 9.43.